The summed E-state index contributed by atoms with van der Waals surface area (Å²) in [5, 5.41) is 0. The first kappa shape index (κ1) is 32.6. The lowest BCUT2D eigenvalue weighted by molar-refractivity contribution is -0.693. The van der Waals surface area contributed by atoms with Crippen molar-refractivity contribution in [3.63, 3.8) is 0 Å². The van der Waals surface area contributed by atoms with Crippen LogP contribution in [0.5, 0.6) is 0 Å². The summed E-state index contributed by atoms with van der Waals surface area (Å²) in [6, 6.07) is 15.6. The van der Waals surface area contributed by atoms with Gasteiger partial charge in [-0.3, -0.25) is 0 Å². The third-order valence-corrected chi connectivity index (χ3v) is 2.94. The van der Waals surface area contributed by atoms with E-state index in [1.165, 1.54) is 11.1 Å². The Morgan fingerprint density at radius 2 is 1.00 bits per heavy atom. The van der Waals surface area contributed by atoms with Gasteiger partial charge in [-0.15, -0.1) is 0 Å². The average Bonchev–Trinajstić information content (AvgIpc) is 2.74. The number of aromatic nitrogens is 1. The molecule has 2 heteroatoms. The number of rotatable bonds is 1. The molecule has 0 aliphatic carbocycles. The number of anilines is 1. The van der Waals surface area contributed by atoms with Gasteiger partial charge in [0.15, 0.2) is 12.4 Å². The monoisotopic (exact) mass is 375 g/mol. The first-order valence-electron chi connectivity index (χ1n) is 10.3. The van der Waals surface area contributed by atoms with Crippen LogP contribution >= 0.6 is 0 Å². The molecule has 27 heavy (non-hydrogen) atoms. The Bertz CT molecular complexity index is 484. The Kier molecular flexibility index (Phi) is 34.6. The number of aryl methyl sites for hydroxylation is 1. The van der Waals surface area contributed by atoms with Crippen LogP contribution < -0.4 is 10.3 Å². The van der Waals surface area contributed by atoms with Crippen molar-refractivity contribution in [3.05, 3.63) is 72.1 Å². The molecule has 1 aromatic heterocycles. The molecular formula is C25H47N2+. The number of hydrogen-bond donors (Lipinski definition) is 1. The molecule has 2 nitrogen and oxygen atoms in total. The maximum atomic E-state index is 5.36. The van der Waals surface area contributed by atoms with Crippen LogP contribution in [-0.4, -0.2) is 0 Å². The Morgan fingerprint density at radius 1 is 0.667 bits per heavy atom. The minimum absolute atomic E-state index is 0.822. The minimum atomic E-state index is 0.822. The summed E-state index contributed by atoms with van der Waals surface area (Å²) in [6.45, 7) is 23.7. The highest BCUT2D eigenvalue weighted by atomic mass is 14.9. The first-order valence-corrected chi connectivity index (χ1v) is 10.3. The number of benzene rings is 1. The molecule has 1 heterocycles. The zero-order valence-corrected chi connectivity index (χ0v) is 20.0. The molecule has 0 aliphatic rings. The van der Waals surface area contributed by atoms with Crippen molar-refractivity contribution in [2.24, 2.45) is 0 Å². The molecule has 0 radical (unpaired) electrons. The summed E-state index contributed by atoms with van der Waals surface area (Å²) in [6.07, 6.45) is 4.11. The summed E-state index contributed by atoms with van der Waals surface area (Å²) in [7, 11) is 0. The molecule has 156 valence electrons. The number of nitrogens with two attached hydrogens (primary N) is 1. The highest BCUT2D eigenvalue weighted by Gasteiger charge is 1.86. The van der Waals surface area contributed by atoms with Crippen molar-refractivity contribution >= 4 is 5.69 Å². The van der Waals surface area contributed by atoms with E-state index in [1.54, 1.807) is 0 Å². The van der Waals surface area contributed by atoms with Gasteiger partial charge in [0.05, 0.1) is 0 Å². The zero-order chi connectivity index (χ0) is 22.1. The van der Waals surface area contributed by atoms with Gasteiger partial charge in [0.2, 0.25) is 0 Å². The van der Waals surface area contributed by atoms with E-state index in [-0.39, 0.29) is 0 Å². The lowest BCUT2D eigenvalue weighted by Crippen LogP contribution is -2.30. The van der Waals surface area contributed by atoms with Crippen LogP contribution in [0.1, 0.15) is 76.2 Å². The molecule has 0 saturated heterocycles. The molecule has 1 aromatic carbocycles. The van der Waals surface area contributed by atoms with Crippen LogP contribution in [0.15, 0.2) is 72.1 Å². The third-order valence-electron chi connectivity index (χ3n) is 2.94. The van der Waals surface area contributed by atoms with Gasteiger partial charge in [-0.1, -0.05) is 77.0 Å². The van der Waals surface area contributed by atoms with Crippen LogP contribution in [0.25, 0.3) is 0 Å². The normalized spacial score (nSPS) is 7.37. The van der Waals surface area contributed by atoms with Gasteiger partial charge in [-0.25, -0.2) is 4.57 Å². The van der Waals surface area contributed by atoms with Crippen molar-refractivity contribution < 1.29 is 4.57 Å². The van der Waals surface area contributed by atoms with E-state index < -0.39 is 0 Å². The maximum Gasteiger partial charge on any atom is 0.168 e. The molecule has 2 N–H and O–H groups in total. The fraction of sp³-hybridized carbons (Fsp3) is 0.480. The Hall–Kier alpha value is -2.09. The van der Waals surface area contributed by atoms with E-state index in [2.05, 4.69) is 51.6 Å². The van der Waals surface area contributed by atoms with E-state index >= 15 is 0 Å². The van der Waals surface area contributed by atoms with Crippen molar-refractivity contribution in [1.82, 2.24) is 0 Å². The van der Waals surface area contributed by atoms with E-state index in [9.17, 15) is 0 Å². The second-order valence-corrected chi connectivity index (χ2v) is 5.12. The predicted octanol–water partition coefficient (Wildman–Crippen LogP) is 7.70. The van der Waals surface area contributed by atoms with Gasteiger partial charge in [-0.05, 0) is 46.8 Å². The number of pyridine rings is 1. The summed E-state index contributed by atoms with van der Waals surface area (Å²) in [5.41, 5.74) is 9.03. The average molecular weight is 376 g/mol. The molecule has 0 saturated carbocycles. The van der Waals surface area contributed by atoms with E-state index in [4.69, 9.17) is 5.73 Å². The Balaban J connectivity index is -0.000000130. The van der Waals surface area contributed by atoms with Gasteiger partial charge >= 0.3 is 0 Å². The summed E-state index contributed by atoms with van der Waals surface area (Å²) in [4.78, 5) is 0. The molecular weight excluding hydrogens is 328 g/mol. The third kappa shape index (κ3) is 29.0. The quantitative estimate of drug-likeness (QED) is 0.309. The summed E-state index contributed by atoms with van der Waals surface area (Å²) < 4.78 is 2.12. The van der Waals surface area contributed by atoms with Gasteiger partial charge in [0.1, 0.15) is 6.54 Å². The molecule has 0 unspecified atom stereocenters. The zero-order valence-electron chi connectivity index (χ0n) is 20.0. The fourth-order valence-electron chi connectivity index (χ4n) is 1.10. The highest BCUT2D eigenvalue weighted by molar-refractivity contribution is 5.35. The molecule has 0 aliphatic heterocycles. The van der Waals surface area contributed by atoms with E-state index in [0.29, 0.717) is 0 Å². The second-order valence-electron chi connectivity index (χ2n) is 5.12. The SMILES string of the molecule is CC.CC.CC.CC(C)=C(C)C.CC[n+]1ccccc1.Nc1ccccc1. The van der Waals surface area contributed by atoms with E-state index in [1.807, 2.05) is 90.1 Å². The summed E-state index contributed by atoms with van der Waals surface area (Å²) in [5.74, 6) is 0. The lowest BCUT2D eigenvalue weighted by Gasteiger charge is -1.88. The first-order chi connectivity index (χ1) is 13.0. The molecule has 2 aromatic rings. The Labute approximate surface area is 171 Å². The molecule has 0 amide bonds. The van der Waals surface area contributed by atoms with Crippen molar-refractivity contribution in [2.75, 3.05) is 5.73 Å². The molecule has 0 fully saturated rings. The number of nitrogen functional groups attached to an aromatic ring is 1. The molecule has 2 rings (SSSR count). The topological polar surface area (TPSA) is 29.9 Å². The maximum absolute atomic E-state index is 5.36. The Morgan fingerprint density at radius 3 is 1.19 bits per heavy atom. The van der Waals surface area contributed by atoms with Crippen LogP contribution in [0.2, 0.25) is 0 Å². The second kappa shape index (κ2) is 28.7. The predicted molar refractivity (Wildman–Crippen MR) is 127 cm³/mol. The van der Waals surface area contributed by atoms with Gasteiger partial charge in [0.25, 0.3) is 0 Å². The van der Waals surface area contributed by atoms with Crippen LogP contribution in [-0.2, 0) is 6.54 Å². The van der Waals surface area contributed by atoms with Crippen molar-refractivity contribution in [2.45, 2.75) is 82.7 Å². The minimum Gasteiger partial charge on any atom is -0.399 e. The lowest BCUT2D eigenvalue weighted by atomic mass is 10.2. The van der Waals surface area contributed by atoms with Crippen LogP contribution in [0, 0.1) is 0 Å². The van der Waals surface area contributed by atoms with Gasteiger partial charge in [0, 0.05) is 17.8 Å². The van der Waals surface area contributed by atoms with Crippen LogP contribution in [0.4, 0.5) is 5.69 Å². The number of hydrogen-bond acceptors (Lipinski definition) is 1. The molecule has 0 spiro atoms. The van der Waals surface area contributed by atoms with E-state index in [0.717, 1.165) is 12.2 Å². The van der Waals surface area contributed by atoms with Crippen molar-refractivity contribution in [1.29, 1.82) is 0 Å². The van der Waals surface area contributed by atoms with Gasteiger partial charge in [-0.2, -0.15) is 0 Å². The molecule has 0 atom stereocenters. The standard InChI is InChI=1S/C7H10N.C6H7N.C6H12.3C2H6/c1-2-8-6-4-3-5-7-8;7-6-4-2-1-3-5-6;1-5(2)6(3)4;3*1-2/h3-7H,2H2,1H3;1-5H,7H2;1-4H3;3*1-2H3/q+1;;;;;. The van der Waals surface area contributed by atoms with Gasteiger partial charge < -0.3 is 5.73 Å². The number of allylic oxidation sites excluding steroid dienone is 2. The van der Waals surface area contributed by atoms with Crippen LogP contribution in [0.3, 0.4) is 0 Å². The highest BCUT2D eigenvalue weighted by Crippen LogP contribution is 1.97. The smallest absolute Gasteiger partial charge is 0.168 e. The van der Waals surface area contributed by atoms with Crippen molar-refractivity contribution in [3.8, 4) is 0 Å². The molecule has 0 bridgehead atoms. The summed E-state index contributed by atoms with van der Waals surface area (Å²) >= 11 is 0. The largest absolute Gasteiger partial charge is 0.399 e. The fourth-order valence-corrected chi connectivity index (χ4v) is 1.10. The number of para-hydroxylation sites is 1. The number of nitrogens with zero attached hydrogens (tertiary/aromatic N) is 1.